The molecule has 0 aliphatic rings. The molecule has 0 fully saturated rings. The minimum absolute atomic E-state index is 0.173. The van der Waals surface area contributed by atoms with Gasteiger partial charge in [-0.25, -0.2) is 4.79 Å². The van der Waals surface area contributed by atoms with Gasteiger partial charge in [0.15, 0.2) is 0 Å². The summed E-state index contributed by atoms with van der Waals surface area (Å²) in [5, 5.41) is 0. The van der Waals surface area contributed by atoms with Crippen molar-refractivity contribution in [2.24, 2.45) is 0 Å². The summed E-state index contributed by atoms with van der Waals surface area (Å²) in [5.41, 5.74) is 0.264. The van der Waals surface area contributed by atoms with Crippen molar-refractivity contribution in [2.75, 3.05) is 6.61 Å². The number of esters is 1. The quantitative estimate of drug-likeness (QED) is 0.581. The third kappa shape index (κ3) is 8.30. The highest BCUT2D eigenvalue weighted by Gasteiger charge is 2.23. The van der Waals surface area contributed by atoms with Crippen molar-refractivity contribution in [3.8, 4) is 0 Å². The number of benzene rings is 1. The maximum atomic E-state index is 11.8. The molecule has 0 radical (unpaired) electrons. The molecule has 0 unspecified atom stereocenters. The standard InChI is InChI=1S/C18H26O3/c1-17(2,3)20-14-13-18(4,5)21-16(19)12-11-15-9-7-6-8-10-15/h6-12H,13-14H2,1-5H3. The smallest absolute Gasteiger partial charge is 0.331 e. The fourth-order valence-corrected chi connectivity index (χ4v) is 1.69. The second-order valence-corrected chi connectivity index (χ2v) is 6.64. The average Bonchev–Trinajstić information content (AvgIpc) is 2.35. The van der Waals surface area contributed by atoms with Crippen LogP contribution in [0.2, 0.25) is 0 Å². The van der Waals surface area contributed by atoms with Crippen molar-refractivity contribution >= 4 is 12.0 Å². The molecule has 0 N–H and O–H groups in total. The predicted molar refractivity (Wildman–Crippen MR) is 86.0 cm³/mol. The Kier molecular flexibility index (Phi) is 6.16. The van der Waals surface area contributed by atoms with E-state index >= 15 is 0 Å². The molecule has 0 bridgehead atoms. The molecular weight excluding hydrogens is 264 g/mol. The van der Waals surface area contributed by atoms with E-state index < -0.39 is 5.60 Å². The summed E-state index contributed by atoms with van der Waals surface area (Å²) in [6, 6.07) is 9.67. The minimum Gasteiger partial charge on any atom is -0.456 e. The molecule has 0 aliphatic carbocycles. The van der Waals surface area contributed by atoms with Crippen LogP contribution in [-0.2, 0) is 14.3 Å². The lowest BCUT2D eigenvalue weighted by Crippen LogP contribution is -2.31. The second kappa shape index (κ2) is 7.41. The molecule has 116 valence electrons. The summed E-state index contributed by atoms with van der Waals surface area (Å²) in [4.78, 5) is 11.8. The molecule has 0 amide bonds. The molecule has 0 spiro atoms. The Bertz CT molecular complexity index is 467. The first-order valence-electron chi connectivity index (χ1n) is 7.28. The van der Waals surface area contributed by atoms with Gasteiger partial charge in [0, 0.05) is 12.5 Å². The van der Waals surface area contributed by atoms with Gasteiger partial charge in [0.25, 0.3) is 0 Å². The van der Waals surface area contributed by atoms with Gasteiger partial charge in [0.05, 0.1) is 12.2 Å². The fourth-order valence-electron chi connectivity index (χ4n) is 1.69. The summed E-state index contributed by atoms with van der Waals surface area (Å²) in [6.45, 7) is 10.4. The first-order chi connectivity index (χ1) is 9.68. The SMILES string of the molecule is CC(C)(C)OCCC(C)(C)OC(=O)C=Cc1ccccc1. The van der Waals surface area contributed by atoms with Crippen LogP contribution in [0, 0.1) is 0 Å². The molecule has 21 heavy (non-hydrogen) atoms. The molecule has 1 rings (SSSR count). The van der Waals surface area contributed by atoms with Gasteiger partial charge < -0.3 is 9.47 Å². The molecule has 3 heteroatoms. The summed E-state index contributed by atoms with van der Waals surface area (Å²) in [7, 11) is 0. The summed E-state index contributed by atoms with van der Waals surface area (Å²) in [6.07, 6.45) is 3.88. The molecule has 1 aromatic rings. The Morgan fingerprint density at radius 1 is 1.10 bits per heavy atom. The highest BCUT2D eigenvalue weighted by Crippen LogP contribution is 2.17. The van der Waals surface area contributed by atoms with Gasteiger partial charge in [-0.2, -0.15) is 0 Å². The lowest BCUT2D eigenvalue weighted by molar-refractivity contribution is -0.152. The molecule has 0 saturated carbocycles. The Hall–Kier alpha value is -1.61. The summed E-state index contributed by atoms with van der Waals surface area (Å²) < 4.78 is 11.1. The lowest BCUT2D eigenvalue weighted by Gasteiger charge is -2.27. The van der Waals surface area contributed by atoms with Crippen molar-refractivity contribution in [1.29, 1.82) is 0 Å². The molecular formula is C18H26O3. The zero-order valence-electron chi connectivity index (χ0n) is 13.7. The first kappa shape index (κ1) is 17.4. The van der Waals surface area contributed by atoms with Gasteiger partial charge in [0.1, 0.15) is 5.60 Å². The van der Waals surface area contributed by atoms with Crippen molar-refractivity contribution < 1.29 is 14.3 Å². The van der Waals surface area contributed by atoms with Gasteiger partial charge >= 0.3 is 5.97 Å². The molecule has 0 atom stereocenters. The van der Waals surface area contributed by atoms with E-state index in [-0.39, 0.29) is 11.6 Å². The Labute approximate surface area is 128 Å². The van der Waals surface area contributed by atoms with E-state index in [1.165, 1.54) is 6.08 Å². The normalized spacial score (nSPS) is 12.6. The zero-order chi connectivity index (χ0) is 15.9. The minimum atomic E-state index is -0.538. The van der Waals surface area contributed by atoms with Gasteiger partial charge in [-0.1, -0.05) is 30.3 Å². The average molecular weight is 290 g/mol. The number of ether oxygens (including phenoxy) is 2. The number of carbonyl (C=O) groups is 1. The molecule has 0 aliphatic heterocycles. The van der Waals surface area contributed by atoms with Crippen molar-refractivity contribution in [3.63, 3.8) is 0 Å². The van der Waals surface area contributed by atoms with E-state index in [2.05, 4.69) is 0 Å². The lowest BCUT2D eigenvalue weighted by atomic mass is 10.1. The third-order valence-corrected chi connectivity index (χ3v) is 2.83. The second-order valence-electron chi connectivity index (χ2n) is 6.64. The van der Waals surface area contributed by atoms with E-state index in [0.717, 1.165) is 5.56 Å². The number of rotatable bonds is 6. The van der Waals surface area contributed by atoms with E-state index in [0.29, 0.717) is 13.0 Å². The monoisotopic (exact) mass is 290 g/mol. The summed E-state index contributed by atoms with van der Waals surface area (Å²) >= 11 is 0. The van der Waals surface area contributed by atoms with Crippen LogP contribution in [-0.4, -0.2) is 23.8 Å². The number of hydrogen-bond donors (Lipinski definition) is 0. The number of carbonyl (C=O) groups excluding carboxylic acids is 1. The van der Waals surface area contributed by atoms with Crippen LogP contribution in [0.1, 0.15) is 46.6 Å². The fraction of sp³-hybridized carbons (Fsp3) is 0.500. The Morgan fingerprint density at radius 2 is 1.71 bits per heavy atom. The topological polar surface area (TPSA) is 35.5 Å². The van der Waals surface area contributed by atoms with E-state index in [1.54, 1.807) is 6.08 Å². The summed E-state index contributed by atoms with van der Waals surface area (Å²) in [5.74, 6) is -0.334. The van der Waals surface area contributed by atoms with Crippen molar-refractivity contribution in [3.05, 3.63) is 42.0 Å². The van der Waals surface area contributed by atoms with Crippen molar-refractivity contribution in [2.45, 2.75) is 52.2 Å². The molecule has 0 aromatic heterocycles. The van der Waals surface area contributed by atoms with Crippen LogP contribution in [0.4, 0.5) is 0 Å². The number of hydrogen-bond acceptors (Lipinski definition) is 3. The van der Waals surface area contributed by atoms with E-state index in [1.807, 2.05) is 65.0 Å². The maximum Gasteiger partial charge on any atom is 0.331 e. The Morgan fingerprint density at radius 3 is 2.29 bits per heavy atom. The van der Waals surface area contributed by atoms with Crippen LogP contribution >= 0.6 is 0 Å². The van der Waals surface area contributed by atoms with Crippen LogP contribution < -0.4 is 0 Å². The van der Waals surface area contributed by atoms with Crippen LogP contribution in [0.25, 0.3) is 6.08 Å². The van der Waals surface area contributed by atoms with Crippen LogP contribution in [0.15, 0.2) is 36.4 Å². The van der Waals surface area contributed by atoms with E-state index in [4.69, 9.17) is 9.47 Å². The van der Waals surface area contributed by atoms with Gasteiger partial charge in [-0.05, 0) is 46.3 Å². The maximum absolute atomic E-state index is 11.8. The zero-order valence-corrected chi connectivity index (χ0v) is 13.7. The van der Waals surface area contributed by atoms with Crippen LogP contribution in [0.3, 0.4) is 0 Å². The highest BCUT2D eigenvalue weighted by molar-refractivity contribution is 5.87. The molecule has 0 saturated heterocycles. The van der Waals surface area contributed by atoms with Crippen molar-refractivity contribution in [1.82, 2.24) is 0 Å². The molecule has 0 heterocycles. The molecule has 3 nitrogen and oxygen atoms in total. The predicted octanol–water partition coefficient (Wildman–Crippen LogP) is 4.23. The third-order valence-electron chi connectivity index (χ3n) is 2.83. The first-order valence-corrected chi connectivity index (χ1v) is 7.28. The Balaban J connectivity index is 2.43. The molecule has 1 aromatic carbocycles. The van der Waals surface area contributed by atoms with Gasteiger partial charge in [0.2, 0.25) is 0 Å². The highest BCUT2D eigenvalue weighted by atomic mass is 16.6. The van der Waals surface area contributed by atoms with Gasteiger partial charge in [-0.15, -0.1) is 0 Å². The van der Waals surface area contributed by atoms with Gasteiger partial charge in [-0.3, -0.25) is 0 Å². The largest absolute Gasteiger partial charge is 0.456 e. The van der Waals surface area contributed by atoms with Crippen LogP contribution in [0.5, 0.6) is 0 Å². The van der Waals surface area contributed by atoms with E-state index in [9.17, 15) is 4.79 Å².